The van der Waals surface area contributed by atoms with Crippen LogP contribution in [0.25, 0.3) is 0 Å². The Balaban J connectivity index is 1.57. The van der Waals surface area contributed by atoms with E-state index in [0.29, 0.717) is 44.7 Å². The van der Waals surface area contributed by atoms with Gasteiger partial charge in [-0.25, -0.2) is 4.39 Å². The molecule has 162 valence electrons. The summed E-state index contributed by atoms with van der Waals surface area (Å²) in [6, 6.07) is 12.1. The summed E-state index contributed by atoms with van der Waals surface area (Å²) in [5.74, 6) is -0.455. The van der Waals surface area contributed by atoms with E-state index in [-0.39, 0.29) is 17.2 Å². The van der Waals surface area contributed by atoms with Gasteiger partial charge in [-0.3, -0.25) is 9.59 Å². The first-order valence-electron chi connectivity index (χ1n) is 10.5. The van der Waals surface area contributed by atoms with Gasteiger partial charge < -0.3 is 14.4 Å². The van der Waals surface area contributed by atoms with Gasteiger partial charge in [0.1, 0.15) is 11.4 Å². The number of rotatable bonds is 5. The third kappa shape index (κ3) is 4.42. The van der Waals surface area contributed by atoms with Gasteiger partial charge in [0.05, 0.1) is 6.54 Å². The first-order chi connectivity index (χ1) is 15.0. The Kier molecular flexibility index (Phi) is 6.23. The first-order valence-corrected chi connectivity index (χ1v) is 11.4. The molecule has 0 saturated carbocycles. The lowest BCUT2D eigenvalue weighted by atomic mass is 10.1. The molecular formula is C24H26FN3O2S. The molecule has 1 fully saturated rings. The van der Waals surface area contributed by atoms with E-state index in [9.17, 15) is 14.0 Å². The van der Waals surface area contributed by atoms with Crippen molar-refractivity contribution in [2.45, 2.75) is 26.8 Å². The fourth-order valence-electron chi connectivity index (χ4n) is 4.18. The predicted molar refractivity (Wildman–Crippen MR) is 123 cm³/mol. The van der Waals surface area contributed by atoms with Crippen LogP contribution < -0.4 is 10.3 Å². The average Bonchev–Trinajstić information content (AvgIpc) is 3.29. The summed E-state index contributed by atoms with van der Waals surface area (Å²) < 4.78 is 15.3. The lowest BCUT2D eigenvalue weighted by Gasteiger charge is -2.36. The number of aryl methyl sites for hydroxylation is 1. The molecule has 4 rings (SSSR count). The van der Waals surface area contributed by atoms with Crippen LogP contribution in [0.2, 0.25) is 0 Å². The van der Waals surface area contributed by atoms with Crippen LogP contribution in [-0.4, -0.2) is 41.6 Å². The molecule has 1 amide bonds. The largest absolute Gasteiger partial charge is 0.368 e. The molecule has 0 radical (unpaired) electrons. The number of anilines is 1. The molecule has 1 aromatic carbocycles. The molecule has 7 heteroatoms. The van der Waals surface area contributed by atoms with Gasteiger partial charge in [0, 0.05) is 54.2 Å². The zero-order valence-corrected chi connectivity index (χ0v) is 18.6. The highest BCUT2D eigenvalue weighted by Gasteiger charge is 2.27. The summed E-state index contributed by atoms with van der Waals surface area (Å²) in [4.78, 5) is 31.4. The lowest BCUT2D eigenvalue weighted by Crippen LogP contribution is -2.50. The zero-order chi connectivity index (χ0) is 22.0. The number of carbonyl (C=O) groups is 1. The van der Waals surface area contributed by atoms with Crippen molar-refractivity contribution < 1.29 is 9.18 Å². The number of hydrogen-bond donors (Lipinski definition) is 0. The monoisotopic (exact) mass is 439 g/mol. The minimum Gasteiger partial charge on any atom is -0.368 e. The molecule has 0 bridgehead atoms. The van der Waals surface area contributed by atoms with Crippen molar-refractivity contribution in [3.05, 3.63) is 85.7 Å². The maximum Gasteiger partial charge on any atom is 0.259 e. The van der Waals surface area contributed by atoms with Crippen molar-refractivity contribution in [2.75, 3.05) is 31.1 Å². The second-order valence-electron chi connectivity index (χ2n) is 7.75. The molecule has 31 heavy (non-hydrogen) atoms. The molecule has 0 unspecified atom stereocenters. The summed E-state index contributed by atoms with van der Waals surface area (Å²) >= 11 is 1.67. The van der Waals surface area contributed by atoms with Gasteiger partial charge in [-0.15, -0.1) is 11.3 Å². The number of aromatic nitrogens is 1. The lowest BCUT2D eigenvalue weighted by molar-refractivity contribution is 0.0743. The van der Waals surface area contributed by atoms with E-state index in [1.165, 1.54) is 17.0 Å². The van der Waals surface area contributed by atoms with Crippen LogP contribution in [0.4, 0.5) is 10.1 Å². The highest BCUT2D eigenvalue weighted by molar-refractivity contribution is 7.09. The van der Waals surface area contributed by atoms with Gasteiger partial charge in [-0.2, -0.15) is 0 Å². The van der Waals surface area contributed by atoms with E-state index >= 15 is 0 Å². The fraction of sp³-hybridized carbons (Fsp3) is 0.333. The Bertz CT molecular complexity index is 1110. The second-order valence-corrected chi connectivity index (χ2v) is 8.78. The van der Waals surface area contributed by atoms with Crippen LogP contribution in [0.1, 0.15) is 33.5 Å². The Hall–Kier alpha value is -2.93. The number of carbonyl (C=O) groups excluding carboxylic acids is 1. The normalized spacial score (nSPS) is 14.2. The number of nitrogens with zero attached hydrogens (tertiary/aromatic N) is 3. The third-order valence-corrected chi connectivity index (χ3v) is 6.69. The SMILES string of the molecule is CCc1c(C(=O)N2CCN(c3ccc(F)cc3)CC2)c(=O)cc(C)n1Cc1cccs1. The van der Waals surface area contributed by atoms with E-state index in [1.54, 1.807) is 34.4 Å². The molecule has 0 spiro atoms. The van der Waals surface area contributed by atoms with E-state index in [1.807, 2.05) is 25.3 Å². The second kappa shape index (κ2) is 9.06. The maximum absolute atomic E-state index is 13.4. The van der Waals surface area contributed by atoms with E-state index < -0.39 is 0 Å². The van der Waals surface area contributed by atoms with Gasteiger partial charge >= 0.3 is 0 Å². The quantitative estimate of drug-likeness (QED) is 0.605. The minimum absolute atomic E-state index is 0.194. The fourth-order valence-corrected chi connectivity index (χ4v) is 4.88. The molecule has 3 aromatic rings. The van der Waals surface area contributed by atoms with Crippen LogP contribution >= 0.6 is 11.3 Å². The van der Waals surface area contributed by atoms with E-state index in [2.05, 4.69) is 15.5 Å². The van der Waals surface area contributed by atoms with Gasteiger partial charge in [-0.1, -0.05) is 13.0 Å². The molecule has 5 nitrogen and oxygen atoms in total. The minimum atomic E-state index is -0.261. The summed E-state index contributed by atoms with van der Waals surface area (Å²) in [6.07, 6.45) is 0.610. The van der Waals surface area contributed by atoms with Crippen LogP contribution in [0, 0.1) is 12.7 Å². The molecule has 1 saturated heterocycles. The van der Waals surface area contributed by atoms with Gasteiger partial charge in [0.25, 0.3) is 5.91 Å². The molecule has 2 aromatic heterocycles. The van der Waals surface area contributed by atoms with Crippen molar-refractivity contribution in [3.8, 4) is 0 Å². The van der Waals surface area contributed by atoms with Crippen LogP contribution in [-0.2, 0) is 13.0 Å². The van der Waals surface area contributed by atoms with E-state index in [4.69, 9.17) is 0 Å². The Labute approximate surface area is 185 Å². The standard InChI is InChI=1S/C24H26FN3O2S/c1-3-21-23(22(29)15-17(2)28(21)16-20-5-4-14-31-20)24(30)27-12-10-26(11-13-27)19-8-6-18(25)7-9-19/h4-9,14-15H,3,10-13,16H2,1-2H3. The summed E-state index contributed by atoms with van der Waals surface area (Å²) in [6.45, 7) is 6.91. The van der Waals surface area contributed by atoms with Gasteiger partial charge in [0.15, 0.2) is 5.43 Å². The topological polar surface area (TPSA) is 45.6 Å². The number of benzene rings is 1. The number of amides is 1. The Morgan fingerprint density at radius 1 is 1.10 bits per heavy atom. The van der Waals surface area contributed by atoms with Crippen LogP contribution in [0.5, 0.6) is 0 Å². The number of halogens is 1. The van der Waals surface area contributed by atoms with Crippen molar-refractivity contribution >= 4 is 22.9 Å². The smallest absolute Gasteiger partial charge is 0.259 e. The maximum atomic E-state index is 13.4. The van der Waals surface area contributed by atoms with Crippen molar-refractivity contribution in [3.63, 3.8) is 0 Å². The molecule has 0 N–H and O–H groups in total. The molecular weight excluding hydrogens is 413 g/mol. The number of hydrogen-bond acceptors (Lipinski definition) is 4. The summed E-state index contributed by atoms with van der Waals surface area (Å²) in [7, 11) is 0. The highest BCUT2D eigenvalue weighted by Crippen LogP contribution is 2.20. The molecule has 0 atom stereocenters. The number of pyridine rings is 1. The molecule has 1 aliphatic heterocycles. The van der Waals surface area contributed by atoms with Crippen LogP contribution in [0.15, 0.2) is 52.6 Å². The third-order valence-electron chi connectivity index (χ3n) is 5.83. The average molecular weight is 440 g/mol. The molecule has 1 aliphatic rings. The molecule has 3 heterocycles. The summed E-state index contributed by atoms with van der Waals surface area (Å²) in [5.41, 5.74) is 2.69. The molecule has 0 aliphatic carbocycles. The van der Waals surface area contributed by atoms with Gasteiger partial charge in [-0.05, 0) is 49.1 Å². The van der Waals surface area contributed by atoms with Crippen molar-refractivity contribution in [2.24, 2.45) is 0 Å². The predicted octanol–water partition coefficient (Wildman–Crippen LogP) is 3.93. The summed E-state index contributed by atoms with van der Waals surface area (Å²) in [5, 5.41) is 2.03. The van der Waals surface area contributed by atoms with Crippen molar-refractivity contribution in [1.29, 1.82) is 0 Å². The van der Waals surface area contributed by atoms with Crippen molar-refractivity contribution in [1.82, 2.24) is 9.47 Å². The van der Waals surface area contributed by atoms with Crippen LogP contribution in [0.3, 0.4) is 0 Å². The Morgan fingerprint density at radius 2 is 1.81 bits per heavy atom. The number of piperazine rings is 1. The Morgan fingerprint density at radius 3 is 2.42 bits per heavy atom. The van der Waals surface area contributed by atoms with Gasteiger partial charge in [0.2, 0.25) is 0 Å². The van der Waals surface area contributed by atoms with E-state index in [0.717, 1.165) is 17.1 Å². The zero-order valence-electron chi connectivity index (χ0n) is 17.8. The highest BCUT2D eigenvalue weighted by atomic mass is 32.1. The first kappa shape index (κ1) is 21.3. The number of thiophene rings is 1.